The summed E-state index contributed by atoms with van der Waals surface area (Å²) in [5.74, 6) is 0.937. The van der Waals surface area contributed by atoms with E-state index in [4.69, 9.17) is 0 Å². The lowest BCUT2D eigenvalue weighted by atomic mass is 9.93. The molecule has 0 aromatic carbocycles. The fourth-order valence-electron chi connectivity index (χ4n) is 2.91. The molecular weight excluding hydrogens is 276 g/mol. The number of hydrogen-bond donors (Lipinski definition) is 3. The Hall–Kier alpha value is -0.810. The van der Waals surface area contributed by atoms with Crippen molar-refractivity contribution in [3.05, 3.63) is 0 Å². The van der Waals surface area contributed by atoms with Crippen LogP contribution in [0.25, 0.3) is 0 Å². The van der Waals surface area contributed by atoms with Crippen molar-refractivity contribution in [1.82, 2.24) is 15.5 Å². The number of aliphatic hydroxyl groups is 1. The lowest BCUT2D eigenvalue weighted by Crippen LogP contribution is -2.45. The molecule has 0 bridgehead atoms. The average molecular weight is 313 g/mol. The lowest BCUT2D eigenvalue weighted by molar-refractivity contribution is 0.120. The molecule has 1 aliphatic carbocycles. The molecular formula is C17H36N4O. The van der Waals surface area contributed by atoms with Gasteiger partial charge in [-0.15, -0.1) is 0 Å². The number of nitrogens with zero attached hydrogens (tertiary/aromatic N) is 2. The van der Waals surface area contributed by atoms with E-state index < -0.39 is 0 Å². The van der Waals surface area contributed by atoms with Crippen LogP contribution in [0.3, 0.4) is 0 Å². The molecule has 0 aromatic heterocycles. The molecule has 0 atom stereocenters. The summed E-state index contributed by atoms with van der Waals surface area (Å²) in [5.41, 5.74) is 0. The minimum absolute atomic E-state index is 0.0994. The van der Waals surface area contributed by atoms with E-state index in [9.17, 15) is 5.11 Å². The molecule has 0 amide bonds. The van der Waals surface area contributed by atoms with Crippen LogP contribution in [0.2, 0.25) is 0 Å². The normalized spacial score (nSPS) is 22.9. The summed E-state index contributed by atoms with van der Waals surface area (Å²) in [6, 6.07) is 0.455. The van der Waals surface area contributed by atoms with Crippen LogP contribution in [-0.4, -0.2) is 60.8 Å². The molecule has 1 rings (SSSR count). The van der Waals surface area contributed by atoms with Gasteiger partial charge in [0, 0.05) is 19.1 Å². The number of hydrogen-bond acceptors (Lipinski definition) is 3. The van der Waals surface area contributed by atoms with Gasteiger partial charge in [0.05, 0.1) is 6.10 Å². The summed E-state index contributed by atoms with van der Waals surface area (Å²) in [5, 5.41) is 16.4. The summed E-state index contributed by atoms with van der Waals surface area (Å²) < 4.78 is 0. The standard InChI is InChI=1S/C17H36N4O/c1-4-18-17(20-15-9-11-16(22)12-10-15)19-13-7-8-14-21(5-2)6-3/h15-16,22H,4-14H2,1-3H3,(H2,18,19,20). The third kappa shape index (κ3) is 7.99. The second kappa shape index (κ2) is 11.7. The van der Waals surface area contributed by atoms with Crippen molar-refractivity contribution in [2.45, 2.75) is 71.4 Å². The van der Waals surface area contributed by atoms with Crippen LogP contribution >= 0.6 is 0 Å². The summed E-state index contributed by atoms with van der Waals surface area (Å²) in [6.07, 6.45) is 6.12. The van der Waals surface area contributed by atoms with Gasteiger partial charge >= 0.3 is 0 Å². The second-order valence-corrected chi connectivity index (χ2v) is 6.14. The molecule has 0 heterocycles. The van der Waals surface area contributed by atoms with E-state index in [-0.39, 0.29) is 6.10 Å². The second-order valence-electron chi connectivity index (χ2n) is 6.14. The molecule has 22 heavy (non-hydrogen) atoms. The van der Waals surface area contributed by atoms with Gasteiger partial charge in [0.15, 0.2) is 5.96 Å². The molecule has 1 aliphatic rings. The maximum absolute atomic E-state index is 9.57. The highest BCUT2D eigenvalue weighted by molar-refractivity contribution is 5.80. The Morgan fingerprint density at radius 2 is 1.77 bits per heavy atom. The van der Waals surface area contributed by atoms with Crippen molar-refractivity contribution >= 4 is 5.96 Å². The van der Waals surface area contributed by atoms with Crippen LogP contribution in [0.15, 0.2) is 4.99 Å². The average Bonchev–Trinajstić information content (AvgIpc) is 2.53. The van der Waals surface area contributed by atoms with Crippen molar-refractivity contribution in [1.29, 1.82) is 0 Å². The summed E-state index contributed by atoms with van der Waals surface area (Å²) in [4.78, 5) is 7.15. The van der Waals surface area contributed by atoms with Gasteiger partial charge in [-0.3, -0.25) is 4.99 Å². The molecule has 0 unspecified atom stereocenters. The fraction of sp³-hybridized carbons (Fsp3) is 0.941. The molecule has 0 aliphatic heterocycles. The van der Waals surface area contributed by atoms with Crippen LogP contribution in [0, 0.1) is 0 Å². The summed E-state index contributed by atoms with van der Waals surface area (Å²) >= 11 is 0. The zero-order chi connectivity index (χ0) is 16.2. The first-order valence-corrected chi connectivity index (χ1v) is 9.14. The lowest BCUT2D eigenvalue weighted by Gasteiger charge is -2.27. The maximum Gasteiger partial charge on any atom is 0.191 e. The van der Waals surface area contributed by atoms with Crippen LogP contribution in [0.4, 0.5) is 0 Å². The number of rotatable bonds is 9. The highest BCUT2D eigenvalue weighted by Crippen LogP contribution is 2.18. The van der Waals surface area contributed by atoms with E-state index in [1.54, 1.807) is 0 Å². The minimum atomic E-state index is -0.0994. The van der Waals surface area contributed by atoms with Crippen molar-refractivity contribution in [3.8, 4) is 0 Å². The predicted molar refractivity (Wildman–Crippen MR) is 94.4 cm³/mol. The van der Waals surface area contributed by atoms with Gasteiger partial charge in [-0.2, -0.15) is 0 Å². The van der Waals surface area contributed by atoms with Gasteiger partial charge in [-0.25, -0.2) is 0 Å². The molecule has 130 valence electrons. The molecule has 0 spiro atoms. The summed E-state index contributed by atoms with van der Waals surface area (Å²) in [6.45, 7) is 11.8. The predicted octanol–water partition coefficient (Wildman–Crippen LogP) is 1.97. The third-order valence-electron chi connectivity index (χ3n) is 4.43. The quantitative estimate of drug-likeness (QED) is 0.346. The number of nitrogens with one attached hydrogen (secondary N) is 2. The molecule has 0 saturated heterocycles. The van der Waals surface area contributed by atoms with Gasteiger partial charge in [-0.05, 0) is 65.1 Å². The monoisotopic (exact) mass is 312 g/mol. The Kier molecular flexibility index (Phi) is 10.2. The van der Waals surface area contributed by atoms with Gasteiger partial charge in [0.1, 0.15) is 0 Å². The van der Waals surface area contributed by atoms with Gasteiger partial charge in [-0.1, -0.05) is 13.8 Å². The van der Waals surface area contributed by atoms with E-state index in [0.717, 1.165) is 64.2 Å². The molecule has 0 aromatic rings. The molecule has 5 heteroatoms. The third-order valence-corrected chi connectivity index (χ3v) is 4.43. The first-order valence-electron chi connectivity index (χ1n) is 9.14. The van der Waals surface area contributed by atoms with E-state index >= 15 is 0 Å². The molecule has 5 nitrogen and oxygen atoms in total. The number of aliphatic imine (C=N–C) groups is 1. The zero-order valence-electron chi connectivity index (χ0n) is 14.8. The topological polar surface area (TPSA) is 59.9 Å². The van der Waals surface area contributed by atoms with Crippen molar-refractivity contribution in [2.75, 3.05) is 32.7 Å². The van der Waals surface area contributed by atoms with Crippen LogP contribution < -0.4 is 10.6 Å². The maximum atomic E-state index is 9.57. The van der Waals surface area contributed by atoms with Gasteiger partial charge in [0.2, 0.25) is 0 Å². The molecule has 1 saturated carbocycles. The van der Waals surface area contributed by atoms with Crippen LogP contribution in [-0.2, 0) is 0 Å². The Morgan fingerprint density at radius 3 is 2.36 bits per heavy atom. The van der Waals surface area contributed by atoms with Gasteiger partial charge in [0.25, 0.3) is 0 Å². The molecule has 0 radical (unpaired) electrons. The van der Waals surface area contributed by atoms with Crippen molar-refractivity contribution < 1.29 is 5.11 Å². The SMILES string of the molecule is CCNC(=NCCCCN(CC)CC)NC1CCC(O)CC1. The Labute approximate surface area is 136 Å². The van der Waals surface area contributed by atoms with Crippen LogP contribution in [0.5, 0.6) is 0 Å². The highest BCUT2D eigenvalue weighted by atomic mass is 16.3. The van der Waals surface area contributed by atoms with E-state index in [1.165, 1.54) is 13.0 Å². The smallest absolute Gasteiger partial charge is 0.191 e. The van der Waals surface area contributed by atoms with Crippen molar-refractivity contribution in [2.24, 2.45) is 4.99 Å². The highest BCUT2D eigenvalue weighted by Gasteiger charge is 2.19. The van der Waals surface area contributed by atoms with E-state index in [2.05, 4.69) is 41.3 Å². The number of guanidine groups is 1. The summed E-state index contributed by atoms with van der Waals surface area (Å²) in [7, 11) is 0. The Morgan fingerprint density at radius 1 is 1.09 bits per heavy atom. The Balaban J connectivity index is 2.26. The first-order chi connectivity index (χ1) is 10.7. The van der Waals surface area contributed by atoms with E-state index in [1.807, 2.05) is 0 Å². The first kappa shape index (κ1) is 19.2. The van der Waals surface area contributed by atoms with Crippen LogP contribution in [0.1, 0.15) is 59.3 Å². The Bertz CT molecular complexity index is 297. The van der Waals surface area contributed by atoms with Gasteiger partial charge < -0.3 is 20.6 Å². The van der Waals surface area contributed by atoms with Crippen molar-refractivity contribution in [3.63, 3.8) is 0 Å². The minimum Gasteiger partial charge on any atom is -0.393 e. The molecule has 3 N–H and O–H groups in total. The number of aliphatic hydroxyl groups excluding tert-OH is 1. The van der Waals surface area contributed by atoms with E-state index in [0.29, 0.717) is 6.04 Å². The fourth-order valence-corrected chi connectivity index (χ4v) is 2.91. The largest absolute Gasteiger partial charge is 0.393 e. The molecule has 1 fully saturated rings. The number of unbranched alkanes of at least 4 members (excludes halogenated alkanes) is 1. The zero-order valence-corrected chi connectivity index (χ0v) is 14.8.